The molecule has 3 aromatic carbocycles. The van der Waals surface area contributed by atoms with E-state index in [1.807, 2.05) is 0 Å². The molecular formula is C60H65FN10O13. The molecule has 3 atom stereocenters. The van der Waals surface area contributed by atoms with Crippen molar-refractivity contribution in [1.29, 1.82) is 0 Å². The van der Waals surface area contributed by atoms with Gasteiger partial charge in [-0.3, -0.25) is 43.3 Å². The molecule has 4 aliphatic rings. The first-order chi connectivity index (χ1) is 40.3. The molecule has 0 saturated carbocycles. The van der Waals surface area contributed by atoms with E-state index in [-0.39, 0.29) is 87.6 Å². The molecule has 7 N–H and O–H groups in total. The van der Waals surface area contributed by atoms with Gasteiger partial charge in [-0.15, -0.1) is 0 Å². The number of rotatable bonds is 24. The Morgan fingerprint density at radius 3 is 2.31 bits per heavy atom. The summed E-state index contributed by atoms with van der Waals surface area (Å²) >= 11 is 0. The molecule has 3 aliphatic heterocycles. The number of anilines is 1. The lowest BCUT2D eigenvalue weighted by Gasteiger charge is -2.31. The number of unbranched alkanes of at least 4 members (excludes halogenated alkanes) is 2. The number of hydrogen-bond acceptors (Lipinski definition) is 15. The Balaban J connectivity index is 0.716. The Morgan fingerprint density at radius 2 is 1.57 bits per heavy atom. The van der Waals surface area contributed by atoms with Crippen LogP contribution in [-0.2, 0) is 86.0 Å². The minimum atomic E-state index is -2.01. The van der Waals surface area contributed by atoms with Crippen LogP contribution in [0.1, 0.15) is 96.0 Å². The van der Waals surface area contributed by atoms with Gasteiger partial charge in [0.05, 0.1) is 48.6 Å². The SMILES string of the molecule is CC[C@@]1(O)C(=O)OCc2c1cc1n(c2=O)Cc2c-1nc1cc(F)c(C)c3c1c2[C@@H](NCCN(C)C(=O)OCc1ccc(NC(=O)CNC(=O)[C@H](Cc2ccccc2)NC(=O)CNC(=O)CNC(=O)CCCCCN2C(=O)C=CC2=O)cc1)CC3. The van der Waals surface area contributed by atoms with E-state index >= 15 is 4.39 Å². The number of aromatic nitrogens is 2. The third kappa shape index (κ3) is 13.2. The monoisotopic (exact) mass is 1150 g/mol. The summed E-state index contributed by atoms with van der Waals surface area (Å²) in [6.45, 7) is 2.69. The lowest BCUT2D eigenvalue weighted by atomic mass is 9.81. The maximum atomic E-state index is 15.4. The van der Waals surface area contributed by atoms with Gasteiger partial charge >= 0.3 is 12.1 Å². The van der Waals surface area contributed by atoms with Crippen molar-refractivity contribution in [2.45, 2.75) is 103 Å². The molecule has 9 rings (SSSR count). The number of hydrogen-bond donors (Lipinski definition) is 7. The molecule has 23 nitrogen and oxygen atoms in total. The van der Waals surface area contributed by atoms with Crippen LogP contribution in [0.3, 0.4) is 0 Å². The minimum Gasteiger partial charge on any atom is -0.458 e. The number of nitrogens with one attached hydrogen (secondary N) is 6. The summed E-state index contributed by atoms with van der Waals surface area (Å²) < 4.78 is 27.8. The second kappa shape index (κ2) is 26.0. The highest BCUT2D eigenvalue weighted by Crippen LogP contribution is 2.46. The molecule has 84 heavy (non-hydrogen) atoms. The van der Waals surface area contributed by atoms with Crippen LogP contribution in [0.5, 0.6) is 0 Å². The smallest absolute Gasteiger partial charge is 0.409 e. The van der Waals surface area contributed by atoms with Crippen molar-refractivity contribution in [3.63, 3.8) is 0 Å². The Bertz CT molecular complexity index is 3540. The molecule has 8 amide bonds. The summed E-state index contributed by atoms with van der Waals surface area (Å²) in [5.41, 5.74) is 4.01. The van der Waals surface area contributed by atoms with E-state index in [0.29, 0.717) is 77.9 Å². The molecule has 0 bridgehead atoms. The topological polar surface area (TPSA) is 306 Å². The fourth-order valence-corrected chi connectivity index (χ4v) is 10.9. The number of aliphatic hydroxyl groups is 1. The van der Waals surface area contributed by atoms with Gasteiger partial charge in [0.25, 0.3) is 17.4 Å². The van der Waals surface area contributed by atoms with Crippen LogP contribution in [0.2, 0.25) is 0 Å². The Labute approximate surface area is 481 Å². The summed E-state index contributed by atoms with van der Waals surface area (Å²) in [5, 5.41) is 28.5. The van der Waals surface area contributed by atoms with E-state index in [1.54, 1.807) is 86.1 Å². The van der Waals surface area contributed by atoms with Crippen molar-refractivity contribution < 1.29 is 62.1 Å². The number of aryl methyl sites for hydroxylation is 1. The highest BCUT2D eigenvalue weighted by molar-refractivity contribution is 6.12. The normalized spacial score (nSPS) is 16.7. The summed E-state index contributed by atoms with van der Waals surface area (Å²) in [5.74, 6) is -4.90. The zero-order valence-corrected chi connectivity index (χ0v) is 46.7. The molecule has 0 spiro atoms. The minimum absolute atomic E-state index is 0.0120. The van der Waals surface area contributed by atoms with Crippen molar-refractivity contribution in [3.05, 3.63) is 140 Å². The number of carbonyl (C=O) groups is 9. The first-order valence-electron chi connectivity index (χ1n) is 27.8. The average Bonchev–Trinajstić information content (AvgIpc) is 1.86. The van der Waals surface area contributed by atoms with Crippen molar-refractivity contribution in [1.82, 2.24) is 45.9 Å². The van der Waals surface area contributed by atoms with E-state index < -0.39 is 77.7 Å². The summed E-state index contributed by atoms with van der Waals surface area (Å²) in [4.78, 5) is 135. The predicted octanol–water partition coefficient (Wildman–Crippen LogP) is 2.87. The molecule has 0 unspecified atom stereocenters. The average molecular weight is 1150 g/mol. The zero-order chi connectivity index (χ0) is 59.8. The van der Waals surface area contributed by atoms with Crippen LogP contribution in [0.4, 0.5) is 14.9 Å². The number of cyclic esters (lactones) is 1. The largest absolute Gasteiger partial charge is 0.458 e. The molecule has 2 aromatic heterocycles. The summed E-state index contributed by atoms with van der Waals surface area (Å²) in [7, 11) is 1.60. The zero-order valence-electron chi connectivity index (χ0n) is 46.7. The first kappa shape index (κ1) is 59.5. The first-order valence-corrected chi connectivity index (χ1v) is 27.8. The van der Waals surface area contributed by atoms with E-state index in [9.17, 15) is 53.1 Å². The Morgan fingerprint density at radius 1 is 0.857 bits per heavy atom. The quantitative estimate of drug-likeness (QED) is 0.0261. The Kier molecular flexibility index (Phi) is 18.4. The molecule has 0 saturated heterocycles. The second-order valence-corrected chi connectivity index (χ2v) is 21.1. The van der Waals surface area contributed by atoms with Crippen molar-refractivity contribution in [3.8, 4) is 11.4 Å². The molecule has 1 aliphatic carbocycles. The van der Waals surface area contributed by atoms with Crippen LogP contribution in [0, 0.1) is 12.7 Å². The second-order valence-electron chi connectivity index (χ2n) is 21.1. The highest BCUT2D eigenvalue weighted by Gasteiger charge is 2.46. The van der Waals surface area contributed by atoms with Crippen molar-refractivity contribution in [2.75, 3.05) is 51.6 Å². The third-order valence-corrected chi connectivity index (χ3v) is 15.6. The fourth-order valence-electron chi connectivity index (χ4n) is 10.9. The highest BCUT2D eigenvalue weighted by atomic mass is 19.1. The van der Waals surface area contributed by atoms with Crippen LogP contribution < -0.4 is 37.5 Å². The summed E-state index contributed by atoms with van der Waals surface area (Å²) in [6, 6.07) is 17.0. The number of ether oxygens (including phenoxy) is 2. The molecule has 5 aromatic rings. The van der Waals surface area contributed by atoms with Gasteiger partial charge in [0.1, 0.15) is 25.1 Å². The number of pyridine rings is 2. The third-order valence-electron chi connectivity index (χ3n) is 15.6. The number of halogens is 1. The summed E-state index contributed by atoms with van der Waals surface area (Å²) in [6.07, 6.45) is 4.73. The van der Waals surface area contributed by atoms with Gasteiger partial charge in [-0.05, 0) is 85.0 Å². The predicted molar refractivity (Wildman–Crippen MR) is 302 cm³/mol. The van der Waals surface area contributed by atoms with E-state index in [2.05, 4.69) is 31.9 Å². The number of esters is 1. The van der Waals surface area contributed by atoms with Crippen LogP contribution >= 0.6 is 0 Å². The molecule has 24 heteroatoms. The lowest BCUT2D eigenvalue weighted by Crippen LogP contribution is -2.52. The van der Waals surface area contributed by atoms with Gasteiger partial charge in [0.15, 0.2) is 5.60 Å². The Hall–Kier alpha value is -9.16. The van der Waals surface area contributed by atoms with Crippen LogP contribution in [0.15, 0.2) is 83.7 Å². The van der Waals surface area contributed by atoms with Crippen LogP contribution in [0.25, 0.3) is 22.3 Å². The molecule has 440 valence electrons. The van der Waals surface area contributed by atoms with Crippen molar-refractivity contribution >= 4 is 70.0 Å². The molecule has 0 radical (unpaired) electrons. The number of fused-ring (bicyclic) bond motifs is 5. The maximum Gasteiger partial charge on any atom is 0.409 e. The van der Waals surface area contributed by atoms with Crippen LogP contribution in [-0.4, -0.2) is 130 Å². The van der Waals surface area contributed by atoms with Gasteiger partial charge in [-0.25, -0.2) is 19.0 Å². The lowest BCUT2D eigenvalue weighted by molar-refractivity contribution is -0.172. The number of amides is 8. The van der Waals surface area contributed by atoms with Crippen molar-refractivity contribution in [2.24, 2.45) is 0 Å². The number of nitrogens with zero attached hydrogens (tertiary/aromatic N) is 4. The van der Waals surface area contributed by atoms with E-state index in [4.69, 9.17) is 14.5 Å². The molecular weight excluding hydrogens is 1090 g/mol. The standard InChI is InChI=1S/C60H65FN10O13/c1-4-60(82)41-26-46-55-39(31-71(46)57(79)40(41)33-83-58(60)80)54-43(19-18-38-34(2)42(61)27-44(68-55)53(38)54)62-22-24-69(3)59(81)84-32-36-14-16-37(17-15-36)66-49(74)30-65-56(78)45(25-35-11-7-5-8-12-35)67-50(75)29-64-48(73)28-63-47(72)13-9-6-10-23-70-51(76)20-21-52(70)77/h5,7-8,11-12,14-17,20-21,26-27,43,45,62,82H,4,6,9-10,13,18-19,22-25,28-33H2,1-3H3,(H,63,72)(H,64,73)(H,65,78)(H,66,74)(H,67,75)/t43-,45-,60-/m0/s1. The van der Waals surface area contributed by atoms with Gasteiger partial charge < -0.3 is 55.9 Å². The number of carbonyl (C=O) groups excluding carboxylic acids is 9. The van der Waals surface area contributed by atoms with Gasteiger partial charge in [0.2, 0.25) is 29.5 Å². The van der Waals surface area contributed by atoms with Gasteiger partial charge in [-0.2, -0.15) is 0 Å². The number of imide groups is 1. The molecule has 0 fully saturated rings. The molecule has 5 heterocycles. The van der Waals surface area contributed by atoms with E-state index in [0.717, 1.165) is 27.0 Å². The number of benzene rings is 3. The fraction of sp³-hybridized carbons (Fsp3) is 0.383. The number of likely N-dealkylation sites (N-methyl/N-ethyl adjacent to an activating group) is 1. The van der Waals surface area contributed by atoms with Gasteiger partial charge in [0, 0.05) is 86.0 Å². The maximum absolute atomic E-state index is 15.4. The van der Waals surface area contributed by atoms with Gasteiger partial charge in [-0.1, -0.05) is 55.8 Å². The van der Waals surface area contributed by atoms with E-state index in [1.165, 1.54) is 23.1 Å².